The van der Waals surface area contributed by atoms with Crippen LogP contribution in [0.3, 0.4) is 0 Å². The molecule has 130 valence electrons. The van der Waals surface area contributed by atoms with E-state index < -0.39 is 11.6 Å². The molecule has 7 heteroatoms. The normalized spacial score (nSPS) is 11.0. The van der Waals surface area contributed by atoms with Gasteiger partial charge in [-0.25, -0.2) is 13.2 Å². The summed E-state index contributed by atoms with van der Waals surface area (Å²) in [5.41, 5.74) is 2.11. The summed E-state index contributed by atoms with van der Waals surface area (Å²) >= 11 is 0. The van der Waals surface area contributed by atoms with Gasteiger partial charge in [0.25, 0.3) is 0 Å². The molecule has 4 rings (SSSR count). The molecule has 0 saturated carbocycles. The van der Waals surface area contributed by atoms with Crippen LogP contribution in [-0.4, -0.2) is 26.2 Å². The zero-order chi connectivity index (χ0) is 17.9. The van der Waals surface area contributed by atoms with Crippen molar-refractivity contribution in [1.29, 1.82) is 0 Å². The van der Waals surface area contributed by atoms with Crippen LogP contribution in [0.25, 0.3) is 17.0 Å². The second-order valence-electron chi connectivity index (χ2n) is 5.68. The van der Waals surface area contributed by atoms with Gasteiger partial charge in [-0.2, -0.15) is 0 Å². The van der Waals surface area contributed by atoms with Crippen molar-refractivity contribution in [3.05, 3.63) is 78.1 Å². The maximum atomic E-state index is 13.3. The highest BCUT2D eigenvalue weighted by molar-refractivity contribution is 5.60. The quantitative estimate of drug-likeness (QED) is 0.550. The lowest BCUT2D eigenvalue weighted by atomic mass is 10.1. The standard InChI is InChI=1S/C19H14F2N4O/c20-15-7-6-13(10-16(15)21)8-9-26-18-12-22-11-17-23-24-19(25(17)18)14-4-2-1-3-5-14/h1-7,10-12H,8-9H2. The van der Waals surface area contributed by atoms with Crippen LogP contribution in [-0.2, 0) is 6.42 Å². The average molecular weight is 352 g/mol. The first-order chi connectivity index (χ1) is 12.7. The summed E-state index contributed by atoms with van der Waals surface area (Å²) < 4.78 is 33.9. The number of hydrogen-bond donors (Lipinski definition) is 0. The molecule has 0 radical (unpaired) electrons. The van der Waals surface area contributed by atoms with Crippen molar-refractivity contribution in [3.8, 4) is 17.3 Å². The van der Waals surface area contributed by atoms with Crippen LogP contribution >= 0.6 is 0 Å². The van der Waals surface area contributed by atoms with Gasteiger partial charge in [0.05, 0.1) is 19.0 Å². The van der Waals surface area contributed by atoms with Gasteiger partial charge in [-0.3, -0.25) is 4.98 Å². The maximum absolute atomic E-state index is 13.3. The topological polar surface area (TPSA) is 52.3 Å². The smallest absolute Gasteiger partial charge is 0.220 e. The number of hydrogen-bond acceptors (Lipinski definition) is 4. The second-order valence-corrected chi connectivity index (χ2v) is 5.68. The fraction of sp³-hybridized carbons (Fsp3) is 0.105. The summed E-state index contributed by atoms with van der Waals surface area (Å²) in [5, 5.41) is 8.34. The summed E-state index contributed by atoms with van der Waals surface area (Å²) in [6.07, 6.45) is 3.60. The molecule has 2 aromatic carbocycles. The number of rotatable bonds is 5. The molecule has 2 heterocycles. The van der Waals surface area contributed by atoms with Gasteiger partial charge in [0.15, 0.2) is 23.1 Å². The van der Waals surface area contributed by atoms with Crippen molar-refractivity contribution in [2.24, 2.45) is 0 Å². The molecule has 0 saturated heterocycles. The molecule has 2 aromatic heterocycles. The lowest BCUT2D eigenvalue weighted by molar-refractivity contribution is 0.304. The molecule has 0 aliphatic carbocycles. The Kier molecular flexibility index (Phi) is 4.27. The molecule has 0 atom stereocenters. The first kappa shape index (κ1) is 16.1. The summed E-state index contributed by atoms with van der Waals surface area (Å²) in [4.78, 5) is 4.11. The number of aromatic nitrogens is 4. The van der Waals surface area contributed by atoms with Crippen LogP contribution in [0, 0.1) is 11.6 Å². The van der Waals surface area contributed by atoms with Crippen molar-refractivity contribution >= 4 is 5.65 Å². The molecule has 0 unspecified atom stereocenters. The largest absolute Gasteiger partial charge is 0.477 e. The summed E-state index contributed by atoms with van der Waals surface area (Å²) in [7, 11) is 0. The van der Waals surface area contributed by atoms with E-state index in [-0.39, 0.29) is 6.61 Å². The SMILES string of the molecule is Fc1ccc(CCOc2cncc3nnc(-c4ccccc4)n23)cc1F. The molecule has 0 aliphatic heterocycles. The van der Waals surface area contributed by atoms with E-state index in [1.54, 1.807) is 16.8 Å². The van der Waals surface area contributed by atoms with E-state index in [4.69, 9.17) is 4.74 Å². The predicted molar refractivity (Wildman–Crippen MR) is 91.8 cm³/mol. The Labute approximate surface area is 147 Å². The van der Waals surface area contributed by atoms with E-state index in [0.717, 1.165) is 11.6 Å². The summed E-state index contributed by atoms with van der Waals surface area (Å²) in [6, 6.07) is 13.4. The van der Waals surface area contributed by atoms with Gasteiger partial charge in [0.2, 0.25) is 5.88 Å². The number of halogens is 2. The Bertz CT molecular complexity index is 1050. The average Bonchev–Trinajstić information content (AvgIpc) is 3.10. The fourth-order valence-corrected chi connectivity index (χ4v) is 2.67. The third-order valence-electron chi connectivity index (χ3n) is 3.94. The highest BCUT2D eigenvalue weighted by atomic mass is 19.2. The van der Waals surface area contributed by atoms with Gasteiger partial charge in [-0.1, -0.05) is 36.4 Å². The van der Waals surface area contributed by atoms with Crippen molar-refractivity contribution < 1.29 is 13.5 Å². The summed E-state index contributed by atoms with van der Waals surface area (Å²) in [6.45, 7) is 0.276. The molecule has 0 aliphatic rings. The predicted octanol–water partition coefficient (Wildman–Crippen LogP) is 3.69. The minimum Gasteiger partial charge on any atom is -0.477 e. The van der Waals surface area contributed by atoms with Crippen LogP contribution in [0.2, 0.25) is 0 Å². The third kappa shape index (κ3) is 3.11. The lowest BCUT2D eigenvalue weighted by Gasteiger charge is -2.09. The highest BCUT2D eigenvalue weighted by Gasteiger charge is 2.12. The number of nitrogens with zero attached hydrogens (tertiary/aromatic N) is 4. The minimum absolute atomic E-state index is 0.276. The van der Waals surface area contributed by atoms with Crippen LogP contribution in [0.15, 0.2) is 60.9 Å². The van der Waals surface area contributed by atoms with E-state index in [1.807, 2.05) is 30.3 Å². The molecule has 0 amide bonds. The Morgan fingerprint density at radius 1 is 0.923 bits per heavy atom. The Hall–Kier alpha value is -3.35. The maximum Gasteiger partial charge on any atom is 0.220 e. The highest BCUT2D eigenvalue weighted by Crippen LogP contribution is 2.22. The molecule has 4 aromatic rings. The first-order valence-electron chi connectivity index (χ1n) is 8.03. The van der Waals surface area contributed by atoms with E-state index in [1.165, 1.54) is 12.1 Å². The van der Waals surface area contributed by atoms with Crippen LogP contribution in [0.5, 0.6) is 5.88 Å². The Morgan fingerprint density at radius 2 is 1.77 bits per heavy atom. The molecule has 26 heavy (non-hydrogen) atoms. The lowest BCUT2D eigenvalue weighted by Crippen LogP contribution is -2.06. The minimum atomic E-state index is -0.864. The van der Waals surface area contributed by atoms with Gasteiger partial charge in [-0.15, -0.1) is 10.2 Å². The van der Waals surface area contributed by atoms with Crippen molar-refractivity contribution in [3.63, 3.8) is 0 Å². The van der Waals surface area contributed by atoms with Gasteiger partial charge in [-0.05, 0) is 17.7 Å². The summed E-state index contributed by atoms with van der Waals surface area (Å²) in [5.74, 6) is -0.600. The fourth-order valence-electron chi connectivity index (χ4n) is 2.67. The molecule has 0 fully saturated rings. The number of ether oxygens (including phenoxy) is 1. The molecule has 0 bridgehead atoms. The second kappa shape index (κ2) is 6.87. The Morgan fingerprint density at radius 3 is 2.58 bits per heavy atom. The zero-order valence-corrected chi connectivity index (χ0v) is 13.6. The van der Waals surface area contributed by atoms with E-state index >= 15 is 0 Å². The number of benzene rings is 2. The van der Waals surface area contributed by atoms with Gasteiger partial charge in [0, 0.05) is 12.0 Å². The van der Waals surface area contributed by atoms with E-state index in [9.17, 15) is 8.78 Å². The van der Waals surface area contributed by atoms with Gasteiger partial charge in [0.1, 0.15) is 0 Å². The molecule has 0 spiro atoms. The van der Waals surface area contributed by atoms with Gasteiger partial charge < -0.3 is 4.74 Å². The molecular formula is C19H14F2N4O. The van der Waals surface area contributed by atoms with Crippen molar-refractivity contribution in [2.75, 3.05) is 6.61 Å². The van der Waals surface area contributed by atoms with Crippen LogP contribution in [0.4, 0.5) is 8.78 Å². The zero-order valence-electron chi connectivity index (χ0n) is 13.6. The van der Waals surface area contributed by atoms with Crippen LogP contribution < -0.4 is 4.74 Å². The van der Waals surface area contributed by atoms with Crippen LogP contribution in [0.1, 0.15) is 5.56 Å². The molecular weight excluding hydrogens is 338 g/mol. The first-order valence-corrected chi connectivity index (χ1v) is 8.03. The number of fused-ring (bicyclic) bond motifs is 1. The van der Waals surface area contributed by atoms with Gasteiger partial charge >= 0.3 is 0 Å². The molecule has 0 N–H and O–H groups in total. The van der Waals surface area contributed by atoms with Crippen molar-refractivity contribution in [2.45, 2.75) is 6.42 Å². The Balaban J connectivity index is 1.58. The third-order valence-corrected chi connectivity index (χ3v) is 3.94. The molecule has 5 nitrogen and oxygen atoms in total. The monoisotopic (exact) mass is 352 g/mol. The van der Waals surface area contributed by atoms with E-state index in [2.05, 4.69) is 15.2 Å². The van der Waals surface area contributed by atoms with E-state index in [0.29, 0.717) is 29.3 Å². The van der Waals surface area contributed by atoms with Crippen molar-refractivity contribution in [1.82, 2.24) is 19.6 Å².